The second kappa shape index (κ2) is 7.03. The Labute approximate surface area is 150 Å². The summed E-state index contributed by atoms with van der Waals surface area (Å²) in [7, 11) is -3.61. The third kappa shape index (κ3) is 4.31. The lowest BCUT2D eigenvalue weighted by Crippen LogP contribution is -2.35. The predicted octanol–water partition coefficient (Wildman–Crippen LogP) is 2.28. The molecule has 2 aromatic carbocycles. The molecule has 1 aliphatic carbocycles. The molecular weight excluding hydrogens is 364 g/mol. The second-order valence-corrected chi connectivity index (χ2v) is 8.06. The van der Waals surface area contributed by atoms with E-state index in [1.807, 2.05) is 12.1 Å². The number of fused-ring (bicyclic) bond motifs is 1. The summed E-state index contributed by atoms with van der Waals surface area (Å²) in [5.41, 5.74) is 2.78. The number of rotatable bonds is 6. The van der Waals surface area contributed by atoms with E-state index in [9.17, 15) is 13.2 Å². The lowest BCUT2D eigenvalue weighted by molar-refractivity contribution is -0.134. The molecule has 6 nitrogen and oxygen atoms in total. The topological polar surface area (TPSA) is 95.5 Å². The Kier molecular flexibility index (Phi) is 4.99. The van der Waals surface area contributed by atoms with Crippen molar-refractivity contribution in [1.82, 2.24) is 4.72 Å². The van der Waals surface area contributed by atoms with Gasteiger partial charge in [-0.2, -0.15) is 0 Å². The van der Waals surface area contributed by atoms with Crippen molar-refractivity contribution in [3.63, 3.8) is 0 Å². The molecule has 0 heterocycles. The first kappa shape index (κ1) is 17.7. The highest BCUT2D eigenvalue weighted by Gasteiger charge is 2.26. The smallest absolute Gasteiger partial charge is 0.322 e. The summed E-state index contributed by atoms with van der Waals surface area (Å²) in [5.74, 6) is -0.936. The molecule has 0 spiro atoms. The van der Waals surface area contributed by atoms with E-state index in [4.69, 9.17) is 16.7 Å². The molecule has 3 N–H and O–H groups in total. The van der Waals surface area contributed by atoms with Crippen molar-refractivity contribution < 1.29 is 18.3 Å². The van der Waals surface area contributed by atoms with Gasteiger partial charge in [-0.1, -0.05) is 17.7 Å². The van der Waals surface area contributed by atoms with E-state index in [0.717, 1.165) is 11.1 Å². The molecule has 1 atom stereocenters. The number of benzene rings is 2. The minimum Gasteiger partial charge on any atom is -0.480 e. The van der Waals surface area contributed by atoms with Crippen molar-refractivity contribution in [2.45, 2.75) is 23.8 Å². The quantitative estimate of drug-likeness (QED) is 0.714. The molecule has 1 unspecified atom stereocenters. The molecule has 0 bridgehead atoms. The van der Waals surface area contributed by atoms with Gasteiger partial charge in [0.1, 0.15) is 6.54 Å². The summed E-state index contributed by atoms with van der Waals surface area (Å²) in [4.78, 5) is 10.8. The standard InChI is InChI=1S/C17H17ClN2O4S/c18-13-2-5-16(6-3-13)25(23,24)20-15-7-11-1-4-14(8-12(11)9-15)19-10-17(21)22/h1-6,8,15,19-20H,7,9-10H2,(H,21,22). The Morgan fingerprint density at radius 3 is 2.48 bits per heavy atom. The van der Waals surface area contributed by atoms with E-state index >= 15 is 0 Å². The van der Waals surface area contributed by atoms with Gasteiger partial charge in [0, 0.05) is 16.8 Å². The number of aliphatic carboxylic acids is 1. The van der Waals surface area contributed by atoms with E-state index in [-0.39, 0.29) is 17.5 Å². The van der Waals surface area contributed by atoms with Gasteiger partial charge < -0.3 is 10.4 Å². The maximum Gasteiger partial charge on any atom is 0.322 e. The van der Waals surface area contributed by atoms with E-state index in [1.54, 1.807) is 18.2 Å². The van der Waals surface area contributed by atoms with Crippen molar-refractivity contribution >= 4 is 33.3 Å². The minimum atomic E-state index is -3.61. The highest BCUT2D eigenvalue weighted by molar-refractivity contribution is 7.89. The van der Waals surface area contributed by atoms with Crippen LogP contribution in [-0.4, -0.2) is 32.1 Å². The maximum absolute atomic E-state index is 12.5. The maximum atomic E-state index is 12.5. The molecule has 25 heavy (non-hydrogen) atoms. The Morgan fingerprint density at radius 2 is 1.80 bits per heavy atom. The van der Waals surface area contributed by atoms with E-state index in [2.05, 4.69) is 10.0 Å². The van der Waals surface area contributed by atoms with Gasteiger partial charge in [0.25, 0.3) is 0 Å². The van der Waals surface area contributed by atoms with Crippen LogP contribution in [0.15, 0.2) is 47.4 Å². The summed E-state index contributed by atoms with van der Waals surface area (Å²) in [5, 5.41) is 12.0. The number of hydrogen-bond acceptors (Lipinski definition) is 4. The third-order valence-corrected chi connectivity index (χ3v) is 5.82. The van der Waals surface area contributed by atoms with Crippen molar-refractivity contribution in [2.24, 2.45) is 0 Å². The molecule has 0 fully saturated rings. The van der Waals surface area contributed by atoms with Crippen LogP contribution < -0.4 is 10.0 Å². The van der Waals surface area contributed by atoms with Crippen LogP contribution in [0.3, 0.4) is 0 Å². The average Bonchev–Trinajstić information content (AvgIpc) is 2.93. The highest BCUT2D eigenvalue weighted by atomic mass is 35.5. The zero-order chi connectivity index (χ0) is 18.0. The first-order chi connectivity index (χ1) is 11.8. The zero-order valence-corrected chi connectivity index (χ0v) is 14.8. The van der Waals surface area contributed by atoms with Crippen molar-refractivity contribution in [2.75, 3.05) is 11.9 Å². The summed E-state index contributed by atoms with van der Waals surface area (Å²) >= 11 is 5.80. The van der Waals surface area contributed by atoms with E-state index in [0.29, 0.717) is 23.6 Å². The third-order valence-electron chi connectivity index (χ3n) is 4.03. The molecule has 0 aliphatic heterocycles. The predicted molar refractivity (Wildman–Crippen MR) is 95.5 cm³/mol. The number of carboxylic acids is 1. The number of carboxylic acid groups (broad SMARTS) is 1. The number of carbonyl (C=O) groups is 1. The number of hydrogen-bond donors (Lipinski definition) is 3. The lowest BCUT2D eigenvalue weighted by Gasteiger charge is -2.12. The van der Waals surface area contributed by atoms with Crippen LogP contribution in [0.2, 0.25) is 5.02 Å². The van der Waals surface area contributed by atoms with Crippen LogP contribution in [0, 0.1) is 0 Å². The van der Waals surface area contributed by atoms with E-state index in [1.165, 1.54) is 12.1 Å². The van der Waals surface area contributed by atoms with Crippen LogP contribution in [0.5, 0.6) is 0 Å². The van der Waals surface area contributed by atoms with Gasteiger partial charge in [-0.15, -0.1) is 0 Å². The van der Waals surface area contributed by atoms with E-state index < -0.39 is 16.0 Å². The summed E-state index contributed by atoms with van der Waals surface area (Å²) in [6, 6.07) is 11.4. The number of nitrogens with one attached hydrogen (secondary N) is 2. The lowest BCUT2D eigenvalue weighted by atomic mass is 10.1. The van der Waals surface area contributed by atoms with Crippen LogP contribution in [0.4, 0.5) is 5.69 Å². The summed E-state index contributed by atoms with van der Waals surface area (Å²) in [6.07, 6.45) is 1.16. The largest absolute Gasteiger partial charge is 0.480 e. The van der Waals surface area contributed by atoms with Gasteiger partial charge in [0.2, 0.25) is 10.0 Å². The van der Waals surface area contributed by atoms with Gasteiger partial charge in [-0.3, -0.25) is 4.79 Å². The first-order valence-electron chi connectivity index (χ1n) is 7.69. The van der Waals surface area contributed by atoms with Crippen molar-refractivity contribution in [1.29, 1.82) is 0 Å². The van der Waals surface area contributed by atoms with Gasteiger partial charge >= 0.3 is 5.97 Å². The summed E-state index contributed by atoms with van der Waals surface area (Å²) in [6.45, 7) is -0.161. The van der Waals surface area contributed by atoms with Gasteiger partial charge in [0.15, 0.2) is 0 Å². The molecule has 8 heteroatoms. The molecule has 0 amide bonds. The Balaban J connectivity index is 1.69. The van der Waals surface area contributed by atoms with Crippen LogP contribution >= 0.6 is 11.6 Å². The number of anilines is 1. The number of halogens is 1. The monoisotopic (exact) mass is 380 g/mol. The van der Waals surface area contributed by atoms with Gasteiger partial charge in [-0.05, 0) is 60.4 Å². The molecular formula is C17H17ClN2O4S. The highest BCUT2D eigenvalue weighted by Crippen LogP contribution is 2.26. The fraction of sp³-hybridized carbons (Fsp3) is 0.235. The molecule has 0 saturated heterocycles. The Morgan fingerprint density at radius 1 is 1.12 bits per heavy atom. The van der Waals surface area contributed by atoms with Crippen LogP contribution in [0.25, 0.3) is 0 Å². The molecule has 132 valence electrons. The normalized spacial score (nSPS) is 16.4. The molecule has 0 radical (unpaired) electrons. The second-order valence-electron chi connectivity index (χ2n) is 5.91. The molecule has 3 rings (SSSR count). The minimum absolute atomic E-state index is 0.161. The van der Waals surface area contributed by atoms with Crippen LogP contribution in [0.1, 0.15) is 11.1 Å². The van der Waals surface area contributed by atoms with Crippen LogP contribution in [-0.2, 0) is 27.7 Å². The zero-order valence-electron chi connectivity index (χ0n) is 13.2. The van der Waals surface area contributed by atoms with Crippen molar-refractivity contribution in [3.05, 3.63) is 58.6 Å². The van der Waals surface area contributed by atoms with Gasteiger partial charge in [-0.25, -0.2) is 13.1 Å². The number of sulfonamides is 1. The summed E-state index contributed by atoms with van der Waals surface area (Å²) < 4.78 is 27.6. The Bertz CT molecular complexity index is 897. The molecule has 2 aromatic rings. The first-order valence-corrected chi connectivity index (χ1v) is 9.55. The molecule has 1 aliphatic rings. The van der Waals surface area contributed by atoms with Gasteiger partial charge in [0.05, 0.1) is 4.90 Å². The van der Waals surface area contributed by atoms with Crippen molar-refractivity contribution in [3.8, 4) is 0 Å². The SMILES string of the molecule is O=C(O)CNc1ccc2c(c1)CC(NS(=O)(=O)c1ccc(Cl)cc1)C2. The fourth-order valence-corrected chi connectivity index (χ4v) is 4.25. The average molecular weight is 381 g/mol. The Hall–Kier alpha value is -2.09. The molecule has 0 saturated carbocycles. The fourth-order valence-electron chi connectivity index (χ4n) is 2.89. The molecule has 0 aromatic heterocycles.